The minimum atomic E-state index is -3.48. The summed E-state index contributed by atoms with van der Waals surface area (Å²) < 4.78 is 37.7. The summed E-state index contributed by atoms with van der Waals surface area (Å²) in [6, 6.07) is 4.79. The van der Waals surface area contributed by atoms with Crippen molar-refractivity contribution >= 4 is 33.0 Å². The van der Waals surface area contributed by atoms with Crippen LogP contribution >= 0.6 is 11.3 Å². The molecule has 182 valence electrons. The molecule has 1 aliphatic heterocycles. The van der Waals surface area contributed by atoms with Crippen LogP contribution in [-0.4, -0.2) is 81.4 Å². The van der Waals surface area contributed by atoms with Crippen LogP contribution in [0.15, 0.2) is 29.8 Å². The number of amides is 1. The van der Waals surface area contributed by atoms with Gasteiger partial charge in [0, 0.05) is 50.6 Å². The number of nitrogens with zero attached hydrogens (tertiary/aromatic N) is 3. The van der Waals surface area contributed by atoms with E-state index in [1.54, 1.807) is 48.7 Å². The quantitative estimate of drug-likeness (QED) is 0.679. The van der Waals surface area contributed by atoms with E-state index in [0.717, 1.165) is 17.8 Å². The van der Waals surface area contributed by atoms with Crippen molar-refractivity contribution in [1.29, 1.82) is 0 Å². The molecule has 0 saturated heterocycles. The molecule has 1 aromatic heterocycles. The van der Waals surface area contributed by atoms with Crippen LogP contribution in [0.2, 0.25) is 0 Å². The Bertz CT molecular complexity index is 1050. The number of anilines is 1. The maximum absolute atomic E-state index is 13.3. The SMILES string of the molecule is CO[C@@H]1CN(C)C(=O)c2cc(NS(C)(=O)=O)ccc2OC[C@H](C)N(Cc2nccs2)C[C@H]1C. The van der Waals surface area contributed by atoms with E-state index in [1.807, 2.05) is 5.38 Å². The second-order valence-electron chi connectivity index (χ2n) is 8.54. The average molecular weight is 497 g/mol. The minimum Gasteiger partial charge on any atom is -0.491 e. The zero-order valence-corrected chi connectivity index (χ0v) is 21.3. The first-order valence-corrected chi connectivity index (χ1v) is 13.5. The standard InChI is InChI=1S/C22H32N4O5S2/c1-15-11-26(13-21-23-8-9-32-21)16(2)14-31-19-7-6-17(24-33(5,28)29)10-18(19)22(27)25(3)12-20(15)30-4/h6-10,15-16,20,24H,11-14H2,1-5H3/t15-,16+,20-/m1/s1. The number of hydrogen-bond donors (Lipinski definition) is 1. The van der Waals surface area contributed by atoms with E-state index in [-0.39, 0.29) is 24.0 Å². The molecule has 1 aromatic carbocycles. The molecule has 1 amide bonds. The lowest BCUT2D eigenvalue weighted by molar-refractivity contribution is 0.00921. The highest BCUT2D eigenvalue weighted by atomic mass is 32.2. The highest BCUT2D eigenvalue weighted by molar-refractivity contribution is 7.92. The number of likely N-dealkylation sites (N-methyl/N-ethyl adjacent to an activating group) is 1. The van der Waals surface area contributed by atoms with Crippen molar-refractivity contribution in [1.82, 2.24) is 14.8 Å². The third-order valence-electron chi connectivity index (χ3n) is 5.70. The number of rotatable bonds is 5. The number of carbonyl (C=O) groups is 1. The van der Waals surface area contributed by atoms with E-state index in [0.29, 0.717) is 36.7 Å². The van der Waals surface area contributed by atoms with E-state index in [4.69, 9.17) is 9.47 Å². The number of nitrogens with one attached hydrogen (secondary N) is 1. The molecule has 0 saturated carbocycles. The fourth-order valence-corrected chi connectivity index (χ4v) is 5.05. The largest absolute Gasteiger partial charge is 0.491 e. The average Bonchev–Trinajstić information content (AvgIpc) is 3.26. The van der Waals surface area contributed by atoms with Gasteiger partial charge in [0.15, 0.2) is 0 Å². The van der Waals surface area contributed by atoms with Gasteiger partial charge in [-0.2, -0.15) is 0 Å². The number of hydrogen-bond acceptors (Lipinski definition) is 8. The van der Waals surface area contributed by atoms with Crippen LogP contribution in [0.1, 0.15) is 29.2 Å². The van der Waals surface area contributed by atoms with E-state index >= 15 is 0 Å². The molecule has 3 atom stereocenters. The molecule has 33 heavy (non-hydrogen) atoms. The summed E-state index contributed by atoms with van der Waals surface area (Å²) in [4.78, 5) is 21.6. The lowest BCUT2D eigenvalue weighted by Gasteiger charge is -2.35. The summed E-state index contributed by atoms with van der Waals surface area (Å²) in [5.74, 6) is 0.295. The molecular weight excluding hydrogens is 464 g/mol. The Morgan fingerprint density at radius 3 is 2.70 bits per heavy atom. The van der Waals surface area contributed by atoms with Crippen molar-refractivity contribution in [2.24, 2.45) is 5.92 Å². The van der Waals surface area contributed by atoms with Crippen molar-refractivity contribution in [3.05, 3.63) is 40.3 Å². The van der Waals surface area contributed by atoms with Gasteiger partial charge < -0.3 is 14.4 Å². The van der Waals surface area contributed by atoms with Crippen LogP contribution in [0.3, 0.4) is 0 Å². The second-order valence-corrected chi connectivity index (χ2v) is 11.3. The van der Waals surface area contributed by atoms with Crippen molar-refractivity contribution in [3.63, 3.8) is 0 Å². The monoisotopic (exact) mass is 496 g/mol. The first-order chi connectivity index (χ1) is 15.6. The summed E-state index contributed by atoms with van der Waals surface area (Å²) in [7, 11) is -0.114. The molecule has 0 fully saturated rings. The summed E-state index contributed by atoms with van der Waals surface area (Å²) in [6.45, 7) is 6.40. The van der Waals surface area contributed by atoms with Gasteiger partial charge in [-0.3, -0.25) is 14.4 Å². The predicted octanol–water partition coefficient (Wildman–Crippen LogP) is 2.52. The van der Waals surface area contributed by atoms with Gasteiger partial charge in [0.2, 0.25) is 10.0 Å². The van der Waals surface area contributed by atoms with Gasteiger partial charge in [-0.15, -0.1) is 11.3 Å². The number of sulfonamides is 1. The predicted molar refractivity (Wildman–Crippen MR) is 129 cm³/mol. The Labute approximate surface area is 199 Å². The van der Waals surface area contributed by atoms with Crippen LogP contribution in [-0.2, 0) is 21.3 Å². The molecule has 0 radical (unpaired) electrons. The minimum absolute atomic E-state index is 0.0442. The van der Waals surface area contributed by atoms with Crippen LogP contribution in [0.5, 0.6) is 5.75 Å². The molecule has 0 aliphatic carbocycles. The molecule has 3 rings (SSSR count). The third kappa shape index (κ3) is 6.89. The van der Waals surface area contributed by atoms with Crippen LogP contribution < -0.4 is 9.46 Å². The molecule has 0 spiro atoms. The van der Waals surface area contributed by atoms with E-state index in [2.05, 4.69) is 28.5 Å². The van der Waals surface area contributed by atoms with E-state index < -0.39 is 10.0 Å². The summed E-state index contributed by atoms with van der Waals surface area (Å²) in [5, 5.41) is 2.99. The maximum atomic E-state index is 13.3. The lowest BCUT2D eigenvalue weighted by Crippen LogP contribution is -2.46. The number of carbonyl (C=O) groups excluding carboxylic acids is 1. The topological polar surface area (TPSA) is 101 Å². The van der Waals surface area contributed by atoms with Crippen molar-refractivity contribution in [3.8, 4) is 5.75 Å². The van der Waals surface area contributed by atoms with Gasteiger partial charge in [0.05, 0.1) is 24.5 Å². The number of thiazole rings is 1. The van der Waals surface area contributed by atoms with Crippen molar-refractivity contribution < 1.29 is 22.7 Å². The Morgan fingerprint density at radius 1 is 1.30 bits per heavy atom. The number of fused-ring (bicyclic) bond motifs is 1. The first kappa shape index (κ1) is 25.4. The van der Waals surface area contributed by atoms with Gasteiger partial charge in [-0.05, 0) is 31.0 Å². The molecule has 11 heteroatoms. The second kappa shape index (κ2) is 10.8. The summed E-state index contributed by atoms with van der Waals surface area (Å²) >= 11 is 1.62. The number of benzene rings is 1. The highest BCUT2D eigenvalue weighted by Crippen LogP contribution is 2.27. The highest BCUT2D eigenvalue weighted by Gasteiger charge is 2.29. The van der Waals surface area contributed by atoms with Crippen LogP contribution in [0.25, 0.3) is 0 Å². The van der Waals surface area contributed by atoms with E-state index in [9.17, 15) is 13.2 Å². The molecule has 2 aromatic rings. The molecule has 2 heterocycles. The van der Waals surface area contributed by atoms with Gasteiger partial charge in [0.25, 0.3) is 5.91 Å². The molecule has 0 bridgehead atoms. The molecule has 0 unspecified atom stereocenters. The molecule has 1 aliphatic rings. The fraction of sp³-hybridized carbons (Fsp3) is 0.545. The zero-order chi connectivity index (χ0) is 24.2. The zero-order valence-electron chi connectivity index (χ0n) is 19.6. The molecule has 1 N–H and O–H groups in total. The smallest absolute Gasteiger partial charge is 0.257 e. The van der Waals surface area contributed by atoms with Gasteiger partial charge in [-0.25, -0.2) is 13.4 Å². The van der Waals surface area contributed by atoms with Crippen molar-refractivity contribution in [2.75, 3.05) is 44.8 Å². The Balaban J connectivity index is 1.95. The normalized spacial score (nSPS) is 23.2. The van der Waals surface area contributed by atoms with Gasteiger partial charge in [0.1, 0.15) is 17.4 Å². The Hall–Kier alpha value is -2.21. The number of methoxy groups -OCH3 is 1. The van der Waals surface area contributed by atoms with Crippen LogP contribution in [0, 0.1) is 5.92 Å². The Morgan fingerprint density at radius 2 is 2.06 bits per heavy atom. The summed E-state index contributed by atoms with van der Waals surface area (Å²) in [6.07, 6.45) is 2.70. The number of aromatic nitrogens is 1. The van der Waals surface area contributed by atoms with Crippen molar-refractivity contribution in [2.45, 2.75) is 32.5 Å². The van der Waals surface area contributed by atoms with E-state index in [1.165, 1.54) is 6.07 Å². The van der Waals surface area contributed by atoms with Gasteiger partial charge in [-0.1, -0.05) is 6.92 Å². The molecular formula is C22H32N4O5S2. The maximum Gasteiger partial charge on any atom is 0.257 e. The summed E-state index contributed by atoms with van der Waals surface area (Å²) in [5.41, 5.74) is 0.608. The lowest BCUT2D eigenvalue weighted by atomic mass is 10.0. The first-order valence-electron chi connectivity index (χ1n) is 10.7. The number of ether oxygens (including phenoxy) is 2. The molecule has 9 nitrogen and oxygen atoms in total. The third-order valence-corrected chi connectivity index (χ3v) is 7.07. The van der Waals surface area contributed by atoms with Crippen LogP contribution in [0.4, 0.5) is 5.69 Å². The van der Waals surface area contributed by atoms with Gasteiger partial charge >= 0.3 is 0 Å². The Kier molecular flexibility index (Phi) is 8.33. The fourth-order valence-electron chi connectivity index (χ4n) is 3.85.